The van der Waals surface area contributed by atoms with Crippen molar-refractivity contribution in [1.29, 1.82) is 0 Å². The fourth-order valence-electron chi connectivity index (χ4n) is 2.00. The highest BCUT2D eigenvalue weighted by molar-refractivity contribution is 5.84. The minimum absolute atomic E-state index is 0.163. The van der Waals surface area contributed by atoms with E-state index in [2.05, 4.69) is 13.2 Å². The van der Waals surface area contributed by atoms with Gasteiger partial charge in [-0.3, -0.25) is 4.79 Å². The zero-order valence-electron chi connectivity index (χ0n) is 9.24. The smallest absolute Gasteiger partial charge is 0.230 e. The van der Waals surface area contributed by atoms with E-state index in [4.69, 9.17) is 5.73 Å². The van der Waals surface area contributed by atoms with E-state index in [1.165, 1.54) is 0 Å². The number of carbonyl (C=O) groups excluding carboxylic acids is 1. The molecule has 0 bridgehead atoms. The van der Waals surface area contributed by atoms with Gasteiger partial charge in [0.15, 0.2) is 0 Å². The summed E-state index contributed by atoms with van der Waals surface area (Å²) in [6.45, 7) is 8.92. The summed E-state index contributed by atoms with van der Waals surface area (Å²) in [5.41, 5.74) is 5.41. The molecule has 0 aliphatic heterocycles. The van der Waals surface area contributed by atoms with Crippen LogP contribution in [0.15, 0.2) is 25.3 Å². The maximum atomic E-state index is 12.2. The van der Waals surface area contributed by atoms with Crippen LogP contribution in [0.5, 0.6) is 0 Å². The first-order valence-electron chi connectivity index (χ1n) is 5.41. The predicted molar refractivity (Wildman–Crippen MR) is 62.3 cm³/mol. The van der Waals surface area contributed by atoms with Gasteiger partial charge >= 0.3 is 0 Å². The molecular formula is C12H20N2O. The molecule has 1 rings (SSSR count). The summed E-state index contributed by atoms with van der Waals surface area (Å²) in [7, 11) is 0. The van der Waals surface area contributed by atoms with Crippen LogP contribution < -0.4 is 5.73 Å². The molecule has 0 aromatic carbocycles. The first-order valence-corrected chi connectivity index (χ1v) is 5.41. The summed E-state index contributed by atoms with van der Waals surface area (Å²) in [4.78, 5) is 14.0. The largest absolute Gasteiger partial charge is 0.335 e. The second-order valence-corrected chi connectivity index (χ2v) is 4.13. The molecule has 15 heavy (non-hydrogen) atoms. The maximum Gasteiger partial charge on any atom is 0.230 e. The van der Waals surface area contributed by atoms with Crippen LogP contribution in [-0.4, -0.2) is 30.4 Å². The average molecular weight is 208 g/mol. The molecule has 0 spiro atoms. The molecule has 1 aliphatic rings. The van der Waals surface area contributed by atoms with Crippen molar-refractivity contribution in [1.82, 2.24) is 4.90 Å². The second-order valence-electron chi connectivity index (χ2n) is 4.13. The molecule has 0 aromatic rings. The van der Waals surface area contributed by atoms with Crippen molar-refractivity contribution in [2.45, 2.75) is 19.3 Å². The molecular weight excluding hydrogens is 188 g/mol. The van der Waals surface area contributed by atoms with E-state index in [0.717, 1.165) is 19.3 Å². The Morgan fingerprint density at radius 1 is 1.33 bits per heavy atom. The van der Waals surface area contributed by atoms with E-state index < -0.39 is 0 Å². The number of carbonyl (C=O) groups is 1. The van der Waals surface area contributed by atoms with E-state index in [0.29, 0.717) is 19.6 Å². The van der Waals surface area contributed by atoms with E-state index in [1.807, 2.05) is 0 Å². The highest BCUT2D eigenvalue weighted by Crippen LogP contribution is 2.41. The van der Waals surface area contributed by atoms with Crippen LogP contribution >= 0.6 is 0 Å². The molecule has 1 aliphatic carbocycles. The molecule has 0 aromatic heterocycles. The lowest BCUT2D eigenvalue weighted by Gasteiger charge is -2.42. The highest BCUT2D eigenvalue weighted by Gasteiger charge is 2.44. The van der Waals surface area contributed by atoms with Crippen molar-refractivity contribution in [3.05, 3.63) is 25.3 Å². The molecule has 3 nitrogen and oxygen atoms in total. The molecule has 0 radical (unpaired) electrons. The zero-order valence-corrected chi connectivity index (χ0v) is 9.24. The van der Waals surface area contributed by atoms with Crippen LogP contribution in [-0.2, 0) is 4.79 Å². The molecule has 2 N–H and O–H groups in total. The summed E-state index contributed by atoms with van der Waals surface area (Å²) in [5, 5.41) is 0. The second kappa shape index (κ2) is 5.12. The van der Waals surface area contributed by atoms with Crippen molar-refractivity contribution in [3.63, 3.8) is 0 Å². The Hall–Kier alpha value is -1.09. The third kappa shape index (κ3) is 2.29. The van der Waals surface area contributed by atoms with E-state index in [9.17, 15) is 4.79 Å². The fourth-order valence-corrected chi connectivity index (χ4v) is 2.00. The predicted octanol–water partition coefficient (Wildman–Crippen LogP) is 1.32. The van der Waals surface area contributed by atoms with Gasteiger partial charge in [0.05, 0.1) is 5.41 Å². The Morgan fingerprint density at radius 3 is 2.13 bits per heavy atom. The van der Waals surface area contributed by atoms with Gasteiger partial charge in [-0.05, 0) is 12.8 Å². The van der Waals surface area contributed by atoms with Crippen molar-refractivity contribution in [3.8, 4) is 0 Å². The number of nitrogens with two attached hydrogens (primary N) is 1. The van der Waals surface area contributed by atoms with Crippen LogP contribution in [0.1, 0.15) is 19.3 Å². The molecule has 0 saturated heterocycles. The van der Waals surface area contributed by atoms with Crippen LogP contribution in [0.4, 0.5) is 0 Å². The summed E-state index contributed by atoms with van der Waals surface area (Å²) in [5.74, 6) is 0.163. The van der Waals surface area contributed by atoms with Gasteiger partial charge in [0.1, 0.15) is 0 Å². The lowest BCUT2D eigenvalue weighted by Crippen LogP contribution is -2.52. The van der Waals surface area contributed by atoms with Crippen molar-refractivity contribution >= 4 is 5.91 Å². The molecule has 1 saturated carbocycles. The molecule has 0 heterocycles. The Balaban J connectivity index is 2.69. The van der Waals surface area contributed by atoms with Crippen LogP contribution in [0, 0.1) is 5.41 Å². The lowest BCUT2D eigenvalue weighted by molar-refractivity contribution is -0.145. The standard InChI is InChI=1S/C12H20N2O/c1-3-8-14(9-4-2)11(15)12(10-13)6-5-7-12/h3-4H,1-2,5-10,13H2. The van der Waals surface area contributed by atoms with Crippen molar-refractivity contribution < 1.29 is 4.79 Å². The summed E-state index contributed by atoms with van der Waals surface area (Å²) < 4.78 is 0. The van der Waals surface area contributed by atoms with Crippen LogP contribution in [0.2, 0.25) is 0 Å². The quantitative estimate of drug-likeness (QED) is 0.669. The van der Waals surface area contributed by atoms with Gasteiger partial charge in [-0.15, -0.1) is 13.2 Å². The number of hydrogen-bond acceptors (Lipinski definition) is 2. The molecule has 3 heteroatoms. The zero-order chi connectivity index (χ0) is 11.3. The Bertz CT molecular complexity index is 241. The first-order chi connectivity index (χ1) is 7.20. The summed E-state index contributed by atoms with van der Waals surface area (Å²) >= 11 is 0. The number of amides is 1. The summed E-state index contributed by atoms with van der Waals surface area (Å²) in [6, 6.07) is 0. The Morgan fingerprint density at radius 2 is 1.87 bits per heavy atom. The third-order valence-corrected chi connectivity index (χ3v) is 3.14. The monoisotopic (exact) mass is 208 g/mol. The number of nitrogens with zero attached hydrogens (tertiary/aromatic N) is 1. The minimum Gasteiger partial charge on any atom is -0.335 e. The number of rotatable bonds is 6. The molecule has 1 fully saturated rings. The van der Waals surface area contributed by atoms with Gasteiger partial charge in [0, 0.05) is 19.6 Å². The molecule has 84 valence electrons. The van der Waals surface area contributed by atoms with E-state index in [-0.39, 0.29) is 11.3 Å². The lowest BCUT2D eigenvalue weighted by atomic mass is 9.68. The third-order valence-electron chi connectivity index (χ3n) is 3.14. The number of hydrogen-bond donors (Lipinski definition) is 1. The van der Waals surface area contributed by atoms with Gasteiger partial charge in [-0.1, -0.05) is 18.6 Å². The normalized spacial score (nSPS) is 17.7. The SMILES string of the molecule is C=CCN(CC=C)C(=O)C1(CN)CCC1. The summed E-state index contributed by atoms with van der Waals surface area (Å²) in [6.07, 6.45) is 6.44. The molecule has 0 unspecified atom stereocenters. The van der Waals surface area contributed by atoms with Crippen molar-refractivity contribution in [2.75, 3.05) is 19.6 Å². The average Bonchev–Trinajstić information content (AvgIpc) is 2.16. The Kier molecular flexibility index (Phi) is 4.09. The van der Waals surface area contributed by atoms with Gasteiger partial charge in [-0.25, -0.2) is 0 Å². The maximum absolute atomic E-state index is 12.2. The van der Waals surface area contributed by atoms with Crippen LogP contribution in [0.25, 0.3) is 0 Å². The minimum atomic E-state index is -0.286. The van der Waals surface area contributed by atoms with Gasteiger partial charge in [0.25, 0.3) is 0 Å². The van der Waals surface area contributed by atoms with Crippen LogP contribution in [0.3, 0.4) is 0 Å². The Labute approximate surface area is 91.6 Å². The topological polar surface area (TPSA) is 46.3 Å². The van der Waals surface area contributed by atoms with Gasteiger partial charge in [-0.2, -0.15) is 0 Å². The fraction of sp³-hybridized carbons (Fsp3) is 0.583. The van der Waals surface area contributed by atoms with E-state index >= 15 is 0 Å². The van der Waals surface area contributed by atoms with E-state index in [1.54, 1.807) is 17.1 Å². The first kappa shape index (κ1) is 12.0. The van der Waals surface area contributed by atoms with Crippen molar-refractivity contribution in [2.24, 2.45) is 11.1 Å². The van der Waals surface area contributed by atoms with Gasteiger partial charge < -0.3 is 10.6 Å². The van der Waals surface area contributed by atoms with Gasteiger partial charge in [0.2, 0.25) is 5.91 Å². The molecule has 0 atom stereocenters. The highest BCUT2D eigenvalue weighted by atomic mass is 16.2. The molecule has 1 amide bonds.